The number of nitrogens with zero attached hydrogens (tertiary/aromatic N) is 1. The molecule has 1 N–H and O–H groups in total. The molecule has 1 heterocycles. The number of alkyl halides is 2. The third-order valence-corrected chi connectivity index (χ3v) is 6.53. The number of anilines is 1. The van der Waals surface area contributed by atoms with Crippen LogP contribution in [0.25, 0.3) is 0 Å². The van der Waals surface area contributed by atoms with Crippen molar-refractivity contribution in [2.75, 3.05) is 12.4 Å². The summed E-state index contributed by atoms with van der Waals surface area (Å²) in [6.07, 6.45) is 0.916. The van der Waals surface area contributed by atoms with Gasteiger partial charge in [0, 0.05) is 29.4 Å². The van der Waals surface area contributed by atoms with Gasteiger partial charge < -0.3 is 15.0 Å². The summed E-state index contributed by atoms with van der Waals surface area (Å²) in [7, 11) is 1.57. The van der Waals surface area contributed by atoms with Crippen LogP contribution in [0.15, 0.2) is 36.4 Å². The third-order valence-electron chi connectivity index (χ3n) is 6.53. The standard InChI is InChI=1S/C24H26F2N2O3/c1-15-9-10-16(13-20(15)31-2)27-23(30)24(11-4-3-5-12-24)28-14-19-17(21(25)26)7-6-8-18(19)22(28)29/h6-10,13,21H,3-5,11-12,14H2,1-2H3,(H,27,30). The van der Waals surface area contributed by atoms with E-state index in [9.17, 15) is 18.4 Å². The summed E-state index contributed by atoms with van der Waals surface area (Å²) >= 11 is 0. The number of nitrogens with one attached hydrogen (secondary N) is 1. The maximum absolute atomic E-state index is 13.6. The van der Waals surface area contributed by atoms with Crippen molar-refractivity contribution in [2.45, 2.75) is 57.5 Å². The summed E-state index contributed by atoms with van der Waals surface area (Å²) in [5.41, 5.74) is 0.923. The number of fused-ring (bicyclic) bond motifs is 1. The highest BCUT2D eigenvalue weighted by Crippen LogP contribution is 2.42. The molecule has 2 aromatic carbocycles. The molecule has 0 bridgehead atoms. The Bertz CT molecular complexity index is 1020. The number of hydrogen-bond acceptors (Lipinski definition) is 3. The molecule has 2 aromatic rings. The first-order chi connectivity index (χ1) is 14.9. The zero-order chi connectivity index (χ0) is 22.2. The number of rotatable bonds is 5. The number of amides is 2. The second kappa shape index (κ2) is 8.29. The first kappa shape index (κ1) is 21.3. The average Bonchev–Trinajstić information content (AvgIpc) is 3.12. The molecule has 31 heavy (non-hydrogen) atoms. The first-order valence-corrected chi connectivity index (χ1v) is 10.6. The highest BCUT2D eigenvalue weighted by atomic mass is 19.3. The van der Waals surface area contributed by atoms with E-state index in [4.69, 9.17) is 4.74 Å². The lowest BCUT2D eigenvalue weighted by Gasteiger charge is -2.43. The Balaban J connectivity index is 1.68. The molecule has 2 amide bonds. The SMILES string of the molecule is COc1cc(NC(=O)C2(N3Cc4c(cccc4C(F)F)C3=O)CCCCC2)ccc1C. The lowest BCUT2D eigenvalue weighted by Crippen LogP contribution is -2.58. The summed E-state index contributed by atoms with van der Waals surface area (Å²) in [5.74, 6) is 0.0237. The fraction of sp³-hybridized carbons (Fsp3) is 0.417. The molecule has 0 atom stereocenters. The minimum Gasteiger partial charge on any atom is -0.496 e. The van der Waals surface area contributed by atoms with Gasteiger partial charge in [-0.25, -0.2) is 8.78 Å². The Morgan fingerprint density at radius 3 is 2.58 bits per heavy atom. The molecule has 0 spiro atoms. The normalized spacial score (nSPS) is 17.6. The van der Waals surface area contributed by atoms with E-state index < -0.39 is 12.0 Å². The van der Waals surface area contributed by atoms with Crippen LogP contribution in [0, 0.1) is 6.92 Å². The van der Waals surface area contributed by atoms with Gasteiger partial charge in [0.2, 0.25) is 5.91 Å². The van der Waals surface area contributed by atoms with E-state index in [1.54, 1.807) is 25.3 Å². The highest BCUT2D eigenvalue weighted by molar-refractivity contribution is 6.06. The zero-order valence-corrected chi connectivity index (χ0v) is 17.7. The molecule has 0 radical (unpaired) electrons. The molecule has 5 nitrogen and oxygen atoms in total. The van der Waals surface area contributed by atoms with Gasteiger partial charge in [-0.15, -0.1) is 0 Å². The molecule has 4 rings (SSSR count). The third kappa shape index (κ3) is 3.66. The molecule has 1 aliphatic heterocycles. The Morgan fingerprint density at radius 2 is 1.90 bits per heavy atom. The summed E-state index contributed by atoms with van der Waals surface area (Å²) in [4.78, 5) is 28.4. The van der Waals surface area contributed by atoms with E-state index in [0.717, 1.165) is 24.8 Å². The van der Waals surface area contributed by atoms with Crippen LogP contribution in [0.3, 0.4) is 0 Å². The second-order valence-electron chi connectivity index (χ2n) is 8.30. The Labute approximate surface area is 180 Å². The largest absolute Gasteiger partial charge is 0.496 e. The van der Waals surface area contributed by atoms with Crippen LogP contribution in [0.4, 0.5) is 14.5 Å². The second-order valence-corrected chi connectivity index (χ2v) is 8.30. The summed E-state index contributed by atoms with van der Waals surface area (Å²) in [6.45, 7) is 1.94. The molecule has 2 aliphatic rings. The first-order valence-electron chi connectivity index (χ1n) is 10.6. The fourth-order valence-corrected chi connectivity index (χ4v) is 4.81. The van der Waals surface area contributed by atoms with Crippen molar-refractivity contribution in [3.63, 3.8) is 0 Å². The van der Waals surface area contributed by atoms with Gasteiger partial charge in [0.25, 0.3) is 12.3 Å². The molecule has 0 unspecified atom stereocenters. The van der Waals surface area contributed by atoms with Crippen molar-refractivity contribution in [2.24, 2.45) is 0 Å². The maximum Gasteiger partial charge on any atom is 0.264 e. The Morgan fingerprint density at radius 1 is 1.16 bits per heavy atom. The Kier molecular flexibility index (Phi) is 5.69. The Hall–Kier alpha value is -2.96. The van der Waals surface area contributed by atoms with Crippen molar-refractivity contribution >= 4 is 17.5 Å². The molecule has 1 aliphatic carbocycles. The fourth-order valence-electron chi connectivity index (χ4n) is 4.81. The minimum atomic E-state index is -2.67. The average molecular weight is 428 g/mol. The molecule has 0 aromatic heterocycles. The van der Waals surface area contributed by atoms with Crippen LogP contribution in [-0.4, -0.2) is 29.4 Å². The number of halogens is 2. The molecule has 1 saturated carbocycles. The number of aryl methyl sites for hydroxylation is 1. The van der Waals surface area contributed by atoms with Crippen LogP contribution < -0.4 is 10.1 Å². The minimum absolute atomic E-state index is 0.0271. The summed E-state index contributed by atoms with van der Waals surface area (Å²) < 4.78 is 32.4. The van der Waals surface area contributed by atoms with Crippen LogP contribution in [-0.2, 0) is 11.3 Å². The maximum atomic E-state index is 13.6. The van der Waals surface area contributed by atoms with Crippen molar-refractivity contribution in [1.29, 1.82) is 0 Å². The number of benzene rings is 2. The number of ether oxygens (including phenoxy) is 1. The van der Waals surface area contributed by atoms with Crippen molar-refractivity contribution in [3.05, 3.63) is 58.7 Å². The van der Waals surface area contributed by atoms with Crippen molar-refractivity contribution < 1.29 is 23.1 Å². The number of carbonyl (C=O) groups excluding carboxylic acids is 2. The van der Waals surface area contributed by atoms with E-state index in [-0.39, 0.29) is 29.5 Å². The molecule has 7 heteroatoms. The van der Waals surface area contributed by atoms with Gasteiger partial charge in [0.15, 0.2) is 0 Å². The predicted octanol–water partition coefficient (Wildman–Crippen LogP) is 5.24. The lowest BCUT2D eigenvalue weighted by molar-refractivity contribution is -0.129. The quantitative estimate of drug-likeness (QED) is 0.709. The van der Waals surface area contributed by atoms with Gasteiger partial charge in [-0.3, -0.25) is 9.59 Å². The monoisotopic (exact) mass is 428 g/mol. The van der Waals surface area contributed by atoms with Gasteiger partial charge >= 0.3 is 0 Å². The van der Waals surface area contributed by atoms with Crippen LogP contribution in [0.1, 0.15) is 65.6 Å². The lowest BCUT2D eigenvalue weighted by atomic mass is 9.79. The molecule has 0 saturated heterocycles. The van der Waals surface area contributed by atoms with Gasteiger partial charge in [0.05, 0.1) is 7.11 Å². The van der Waals surface area contributed by atoms with Crippen LogP contribution in [0.5, 0.6) is 5.75 Å². The number of carbonyl (C=O) groups is 2. The molecular formula is C24H26F2N2O3. The molecule has 1 fully saturated rings. The van der Waals surface area contributed by atoms with E-state index in [1.165, 1.54) is 17.0 Å². The smallest absolute Gasteiger partial charge is 0.264 e. The molecular weight excluding hydrogens is 402 g/mol. The predicted molar refractivity (Wildman–Crippen MR) is 113 cm³/mol. The van der Waals surface area contributed by atoms with E-state index >= 15 is 0 Å². The number of hydrogen-bond donors (Lipinski definition) is 1. The number of methoxy groups -OCH3 is 1. The highest BCUT2D eigenvalue weighted by Gasteiger charge is 2.50. The topological polar surface area (TPSA) is 58.6 Å². The van der Waals surface area contributed by atoms with Gasteiger partial charge in [0.1, 0.15) is 11.3 Å². The summed E-state index contributed by atoms with van der Waals surface area (Å²) in [6, 6.07) is 9.80. The van der Waals surface area contributed by atoms with Crippen LogP contribution >= 0.6 is 0 Å². The van der Waals surface area contributed by atoms with Gasteiger partial charge in [-0.1, -0.05) is 37.5 Å². The van der Waals surface area contributed by atoms with E-state index in [1.807, 2.05) is 13.0 Å². The zero-order valence-electron chi connectivity index (χ0n) is 17.7. The van der Waals surface area contributed by atoms with Gasteiger partial charge in [-0.05, 0) is 43.0 Å². The van der Waals surface area contributed by atoms with E-state index in [2.05, 4.69) is 5.32 Å². The van der Waals surface area contributed by atoms with Gasteiger partial charge in [-0.2, -0.15) is 0 Å². The van der Waals surface area contributed by atoms with Crippen LogP contribution in [0.2, 0.25) is 0 Å². The van der Waals surface area contributed by atoms with E-state index in [0.29, 0.717) is 29.8 Å². The van der Waals surface area contributed by atoms with Crippen molar-refractivity contribution in [1.82, 2.24) is 4.90 Å². The summed E-state index contributed by atoms with van der Waals surface area (Å²) in [5, 5.41) is 2.96. The molecule has 164 valence electrons. The van der Waals surface area contributed by atoms with Crippen molar-refractivity contribution in [3.8, 4) is 5.75 Å².